The Morgan fingerprint density at radius 2 is 1.74 bits per heavy atom. The first-order chi connectivity index (χ1) is 16.4. The SMILES string of the molecule is COC(=O)C1(NC(=O)c2nn(-c3ccccc3Cl)c(-c3ccc(Cl)cc3)c2OC)CCOCC1. The van der Waals surface area contributed by atoms with Crippen LogP contribution in [0.15, 0.2) is 48.5 Å². The second-order valence-corrected chi connectivity index (χ2v) is 8.58. The van der Waals surface area contributed by atoms with Crippen LogP contribution >= 0.6 is 23.2 Å². The lowest BCUT2D eigenvalue weighted by atomic mass is 9.89. The first kappa shape index (κ1) is 24.1. The predicted molar refractivity (Wildman–Crippen MR) is 128 cm³/mol. The highest BCUT2D eigenvalue weighted by atomic mass is 35.5. The highest BCUT2D eigenvalue weighted by molar-refractivity contribution is 6.32. The molecule has 1 aliphatic heterocycles. The maximum atomic E-state index is 13.5. The monoisotopic (exact) mass is 503 g/mol. The standard InChI is InChI=1S/C24H23Cl2N3O5/c1-32-21-19(22(30)27-24(23(31)33-2)11-13-34-14-12-24)28-29(18-6-4-3-5-17(18)26)20(21)15-7-9-16(25)10-8-15/h3-10H,11-14H2,1-2H3,(H,27,30). The summed E-state index contributed by atoms with van der Waals surface area (Å²) in [6.07, 6.45) is 0.561. The van der Waals surface area contributed by atoms with Crippen LogP contribution in [0.1, 0.15) is 23.3 Å². The molecule has 2 aromatic carbocycles. The average molecular weight is 504 g/mol. The second kappa shape index (κ2) is 10.0. The van der Waals surface area contributed by atoms with Crippen molar-refractivity contribution < 1.29 is 23.8 Å². The van der Waals surface area contributed by atoms with Crippen LogP contribution in [-0.2, 0) is 14.3 Å². The van der Waals surface area contributed by atoms with E-state index in [0.717, 1.165) is 0 Å². The number of carbonyl (C=O) groups excluding carboxylic acids is 2. The van der Waals surface area contributed by atoms with Gasteiger partial charge < -0.3 is 19.5 Å². The Morgan fingerprint density at radius 1 is 1.06 bits per heavy atom. The summed E-state index contributed by atoms with van der Waals surface area (Å²) in [6.45, 7) is 0.632. The van der Waals surface area contributed by atoms with Crippen LogP contribution in [0, 0.1) is 0 Å². The number of esters is 1. The quantitative estimate of drug-likeness (QED) is 0.504. The molecule has 3 aromatic rings. The molecule has 1 fully saturated rings. The van der Waals surface area contributed by atoms with Crippen molar-refractivity contribution in [2.45, 2.75) is 18.4 Å². The number of halogens is 2. The Hall–Kier alpha value is -3.07. The van der Waals surface area contributed by atoms with Gasteiger partial charge in [0.1, 0.15) is 11.2 Å². The molecule has 1 amide bonds. The molecular weight excluding hydrogens is 481 g/mol. The number of nitrogens with zero attached hydrogens (tertiary/aromatic N) is 2. The fraction of sp³-hybridized carbons (Fsp3) is 0.292. The van der Waals surface area contributed by atoms with Gasteiger partial charge in [0.15, 0.2) is 11.4 Å². The van der Waals surface area contributed by atoms with E-state index < -0.39 is 17.4 Å². The lowest BCUT2D eigenvalue weighted by molar-refractivity contribution is -0.152. The lowest BCUT2D eigenvalue weighted by Gasteiger charge is -2.34. The average Bonchev–Trinajstić information content (AvgIpc) is 3.24. The fourth-order valence-electron chi connectivity index (χ4n) is 3.98. The molecular formula is C24H23Cl2N3O5. The van der Waals surface area contributed by atoms with Gasteiger partial charge in [-0.2, -0.15) is 5.10 Å². The van der Waals surface area contributed by atoms with Crippen molar-refractivity contribution in [3.63, 3.8) is 0 Å². The van der Waals surface area contributed by atoms with Crippen molar-refractivity contribution in [2.75, 3.05) is 27.4 Å². The van der Waals surface area contributed by atoms with E-state index in [0.29, 0.717) is 40.2 Å². The molecule has 1 aromatic heterocycles. The van der Waals surface area contributed by atoms with Crippen LogP contribution < -0.4 is 10.1 Å². The number of benzene rings is 2. The van der Waals surface area contributed by atoms with E-state index in [1.807, 2.05) is 6.07 Å². The van der Waals surface area contributed by atoms with Gasteiger partial charge in [-0.1, -0.05) is 47.5 Å². The van der Waals surface area contributed by atoms with Crippen molar-refractivity contribution >= 4 is 35.1 Å². The van der Waals surface area contributed by atoms with Crippen molar-refractivity contribution in [2.24, 2.45) is 0 Å². The predicted octanol–water partition coefficient (Wildman–Crippen LogP) is 4.31. The molecule has 10 heteroatoms. The van der Waals surface area contributed by atoms with E-state index in [9.17, 15) is 9.59 Å². The minimum absolute atomic E-state index is 0.00198. The van der Waals surface area contributed by atoms with Gasteiger partial charge in [-0.15, -0.1) is 0 Å². The van der Waals surface area contributed by atoms with Gasteiger partial charge in [-0.05, 0) is 24.3 Å². The topological polar surface area (TPSA) is 91.7 Å². The number of carbonyl (C=O) groups is 2. The molecule has 0 spiro atoms. The number of ether oxygens (including phenoxy) is 3. The third kappa shape index (κ3) is 4.49. The Kier molecular flexibility index (Phi) is 7.11. The Morgan fingerprint density at radius 3 is 2.35 bits per heavy atom. The number of hydrogen-bond acceptors (Lipinski definition) is 6. The van der Waals surface area contributed by atoms with Crippen molar-refractivity contribution in [3.8, 4) is 22.7 Å². The van der Waals surface area contributed by atoms with Crippen LogP contribution in [0.3, 0.4) is 0 Å². The second-order valence-electron chi connectivity index (χ2n) is 7.74. The number of para-hydroxylation sites is 1. The Labute approximate surface area is 206 Å². The van der Waals surface area contributed by atoms with Gasteiger partial charge in [0.05, 0.1) is 24.9 Å². The largest absolute Gasteiger partial charge is 0.492 e. The molecule has 1 saturated heterocycles. The molecule has 0 aliphatic carbocycles. The molecule has 0 atom stereocenters. The zero-order valence-corrected chi connectivity index (χ0v) is 20.2. The summed E-state index contributed by atoms with van der Waals surface area (Å²) < 4.78 is 17.6. The maximum Gasteiger partial charge on any atom is 0.331 e. The molecule has 178 valence electrons. The van der Waals surface area contributed by atoms with Gasteiger partial charge in [-0.25, -0.2) is 9.48 Å². The fourth-order valence-corrected chi connectivity index (χ4v) is 4.32. The molecule has 34 heavy (non-hydrogen) atoms. The number of aromatic nitrogens is 2. The maximum absolute atomic E-state index is 13.5. The van der Waals surface area contributed by atoms with Crippen LogP contribution in [-0.4, -0.2) is 54.6 Å². The summed E-state index contributed by atoms with van der Waals surface area (Å²) in [5.74, 6) is -0.886. The first-order valence-electron chi connectivity index (χ1n) is 10.6. The third-order valence-electron chi connectivity index (χ3n) is 5.73. The third-order valence-corrected chi connectivity index (χ3v) is 6.31. The van der Waals surface area contributed by atoms with Gasteiger partial charge >= 0.3 is 5.97 Å². The highest BCUT2D eigenvalue weighted by Crippen LogP contribution is 2.38. The molecule has 0 unspecified atom stereocenters. The molecule has 0 bridgehead atoms. The van der Waals surface area contributed by atoms with Gasteiger partial charge in [0.25, 0.3) is 5.91 Å². The van der Waals surface area contributed by atoms with Crippen LogP contribution in [0.4, 0.5) is 0 Å². The van der Waals surface area contributed by atoms with Crippen molar-refractivity contribution in [1.29, 1.82) is 0 Å². The van der Waals surface area contributed by atoms with Crippen LogP contribution in [0.25, 0.3) is 16.9 Å². The van der Waals surface area contributed by atoms with Gasteiger partial charge in [0, 0.05) is 36.6 Å². The number of methoxy groups -OCH3 is 2. The summed E-state index contributed by atoms with van der Waals surface area (Å²) >= 11 is 12.6. The normalized spacial score (nSPS) is 14.9. The zero-order chi connectivity index (χ0) is 24.3. The minimum Gasteiger partial charge on any atom is -0.492 e. The smallest absolute Gasteiger partial charge is 0.331 e. The summed E-state index contributed by atoms with van der Waals surface area (Å²) in [6, 6.07) is 14.2. The Balaban J connectivity index is 1.85. The summed E-state index contributed by atoms with van der Waals surface area (Å²) in [5.41, 5.74) is 0.560. The molecule has 1 aliphatic rings. The van der Waals surface area contributed by atoms with Crippen molar-refractivity contribution in [3.05, 3.63) is 64.3 Å². The summed E-state index contributed by atoms with van der Waals surface area (Å²) in [5, 5.41) is 8.40. The first-order valence-corrected chi connectivity index (χ1v) is 11.3. The zero-order valence-electron chi connectivity index (χ0n) is 18.6. The molecule has 2 heterocycles. The summed E-state index contributed by atoms with van der Waals surface area (Å²) in [7, 11) is 2.74. The molecule has 0 radical (unpaired) electrons. The molecule has 8 nitrogen and oxygen atoms in total. The van der Waals surface area contributed by atoms with Crippen LogP contribution in [0.2, 0.25) is 10.0 Å². The van der Waals surface area contributed by atoms with Gasteiger partial charge in [0.2, 0.25) is 0 Å². The van der Waals surface area contributed by atoms with Crippen LogP contribution in [0.5, 0.6) is 5.75 Å². The van der Waals surface area contributed by atoms with E-state index in [1.54, 1.807) is 47.1 Å². The van der Waals surface area contributed by atoms with E-state index in [1.165, 1.54) is 14.2 Å². The molecule has 1 N–H and O–H groups in total. The number of hydrogen-bond donors (Lipinski definition) is 1. The number of rotatable bonds is 6. The number of amides is 1. The minimum atomic E-state index is -1.22. The number of nitrogens with one attached hydrogen (secondary N) is 1. The van der Waals surface area contributed by atoms with Gasteiger partial charge in [-0.3, -0.25) is 4.79 Å². The van der Waals surface area contributed by atoms with Crippen molar-refractivity contribution in [1.82, 2.24) is 15.1 Å². The molecule has 0 saturated carbocycles. The lowest BCUT2D eigenvalue weighted by Crippen LogP contribution is -2.58. The van der Waals surface area contributed by atoms with E-state index in [-0.39, 0.29) is 24.3 Å². The van der Waals surface area contributed by atoms with E-state index in [4.69, 9.17) is 37.4 Å². The molecule has 4 rings (SSSR count). The van der Waals surface area contributed by atoms with E-state index >= 15 is 0 Å². The summed E-state index contributed by atoms with van der Waals surface area (Å²) in [4.78, 5) is 26.1. The van der Waals surface area contributed by atoms with E-state index in [2.05, 4.69) is 10.4 Å². The Bertz CT molecular complexity index is 1200. The highest BCUT2D eigenvalue weighted by Gasteiger charge is 2.44.